The molecule has 0 saturated heterocycles. The van der Waals surface area contributed by atoms with E-state index in [1.807, 2.05) is 6.08 Å². The number of allylic oxidation sites excluding steroid dienone is 4. The third-order valence-corrected chi connectivity index (χ3v) is 1.93. The SMILES string of the molecule is C=C/C=C(\C=C)Cc1nc(C(=O)NC)n[nH]1. The molecular formula is C11H14N4O. The van der Waals surface area contributed by atoms with E-state index in [2.05, 4.69) is 33.7 Å². The smallest absolute Gasteiger partial charge is 0.290 e. The van der Waals surface area contributed by atoms with Crippen LogP contribution in [0.2, 0.25) is 0 Å². The van der Waals surface area contributed by atoms with Crippen LogP contribution in [0.3, 0.4) is 0 Å². The number of aromatic amines is 1. The molecule has 0 saturated carbocycles. The maximum absolute atomic E-state index is 11.2. The molecule has 0 atom stereocenters. The number of amides is 1. The van der Waals surface area contributed by atoms with Gasteiger partial charge in [-0.15, -0.1) is 5.10 Å². The first-order chi connectivity index (χ1) is 7.71. The van der Waals surface area contributed by atoms with E-state index in [4.69, 9.17) is 0 Å². The Morgan fingerprint density at radius 1 is 1.56 bits per heavy atom. The first kappa shape index (κ1) is 11.9. The fourth-order valence-electron chi connectivity index (χ4n) is 1.13. The molecule has 1 rings (SSSR count). The molecule has 5 nitrogen and oxygen atoms in total. The summed E-state index contributed by atoms with van der Waals surface area (Å²) in [5.41, 5.74) is 0.953. The lowest BCUT2D eigenvalue weighted by atomic mass is 10.1. The molecule has 0 fully saturated rings. The van der Waals surface area contributed by atoms with E-state index in [0.717, 1.165) is 5.57 Å². The molecule has 0 aliphatic heterocycles. The van der Waals surface area contributed by atoms with Gasteiger partial charge in [0.2, 0.25) is 5.82 Å². The molecule has 16 heavy (non-hydrogen) atoms. The fraction of sp³-hybridized carbons (Fsp3) is 0.182. The number of rotatable bonds is 5. The Labute approximate surface area is 94.0 Å². The number of hydrogen-bond acceptors (Lipinski definition) is 3. The maximum Gasteiger partial charge on any atom is 0.290 e. The minimum absolute atomic E-state index is 0.138. The van der Waals surface area contributed by atoms with Gasteiger partial charge < -0.3 is 5.32 Å². The monoisotopic (exact) mass is 218 g/mol. The van der Waals surface area contributed by atoms with Crippen LogP contribution in [-0.2, 0) is 6.42 Å². The third-order valence-electron chi connectivity index (χ3n) is 1.93. The van der Waals surface area contributed by atoms with Gasteiger partial charge in [-0.1, -0.05) is 31.4 Å². The average molecular weight is 218 g/mol. The number of nitrogens with zero attached hydrogens (tertiary/aromatic N) is 2. The van der Waals surface area contributed by atoms with E-state index in [9.17, 15) is 4.79 Å². The van der Waals surface area contributed by atoms with Crippen LogP contribution in [0.5, 0.6) is 0 Å². The van der Waals surface area contributed by atoms with Crippen LogP contribution in [0.15, 0.2) is 37.0 Å². The predicted molar refractivity (Wildman–Crippen MR) is 62.0 cm³/mol. The number of H-pyrrole nitrogens is 1. The zero-order valence-electron chi connectivity index (χ0n) is 9.16. The summed E-state index contributed by atoms with van der Waals surface area (Å²) in [5.74, 6) is 0.446. The lowest BCUT2D eigenvalue weighted by molar-refractivity contribution is 0.0953. The van der Waals surface area contributed by atoms with Gasteiger partial charge in [0, 0.05) is 13.5 Å². The third kappa shape index (κ3) is 2.91. The lowest BCUT2D eigenvalue weighted by Crippen LogP contribution is -2.19. The zero-order valence-corrected chi connectivity index (χ0v) is 9.16. The second-order valence-corrected chi connectivity index (χ2v) is 3.04. The van der Waals surface area contributed by atoms with Gasteiger partial charge in [-0.3, -0.25) is 9.89 Å². The second kappa shape index (κ2) is 5.65. The van der Waals surface area contributed by atoms with Crippen LogP contribution in [-0.4, -0.2) is 28.1 Å². The van der Waals surface area contributed by atoms with Crippen molar-refractivity contribution in [3.05, 3.63) is 48.6 Å². The highest BCUT2D eigenvalue weighted by atomic mass is 16.2. The average Bonchev–Trinajstić information content (AvgIpc) is 2.76. The number of carbonyl (C=O) groups is 1. The molecule has 1 amide bonds. The van der Waals surface area contributed by atoms with E-state index in [1.54, 1.807) is 12.2 Å². The number of hydrogen-bond donors (Lipinski definition) is 2. The normalized spacial score (nSPS) is 10.9. The standard InChI is InChI=1S/C11H14N4O/c1-4-6-8(5-2)7-9-13-10(15-14-9)11(16)12-3/h4-6H,1-2,7H2,3H3,(H,12,16)(H,13,14,15)/b8-6+. The van der Waals surface area contributed by atoms with E-state index >= 15 is 0 Å². The van der Waals surface area contributed by atoms with Crippen molar-refractivity contribution in [2.75, 3.05) is 7.05 Å². The summed E-state index contributed by atoms with van der Waals surface area (Å²) in [6.45, 7) is 7.28. The minimum atomic E-state index is -0.310. The van der Waals surface area contributed by atoms with Crippen LogP contribution >= 0.6 is 0 Å². The largest absolute Gasteiger partial charge is 0.352 e. The van der Waals surface area contributed by atoms with Crippen LogP contribution in [0, 0.1) is 0 Å². The van der Waals surface area contributed by atoms with Crippen LogP contribution in [0.1, 0.15) is 16.4 Å². The molecule has 0 bridgehead atoms. The summed E-state index contributed by atoms with van der Waals surface area (Å²) in [7, 11) is 1.53. The van der Waals surface area contributed by atoms with Crippen LogP contribution in [0.4, 0.5) is 0 Å². The van der Waals surface area contributed by atoms with Gasteiger partial charge in [0.15, 0.2) is 0 Å². The summed E-state index contributed by atoms with van der Waals surface area (Å²) >= 11 is 0. The van der Waals surface area contributed by atoms with Gasteiger partial charge in [0.05, 0.1) is 0 Å². The summed E-state index contributed by atoms with van der Waals surface area (Å²) in [5, 5.41) is 8.95. The lowest BCUT2D eigenvalue weighted by Gasteiger charge is -1.95. The van der Waals surface area contributed by atoms with Crippen molar-refractivity contribution in [3.63, 3.8) is 0 Å². The van der Waals surface area contributed by atoms with Gasteiger partial charge >= 0.3 is 0 Å². The van der Waals surface area contributed by atoms with Crippen molar-refractivity contribution in [1.29, 1.82) is 0 Å². The molecule has 0 spiro atoms. The Kier molecular flexibility index (Phi) is 4.20. The van der Waals surface area contributed by atoms with Gasteiger partial charge in [0.25, 0.3) is 5.91 Å². The van der Waals surface area contributed by atoms with Gasteiger partial charge in [-0.25, -0.2) is 4.98 Å². The number of nitrogens with one attached hydrogen (secondary N) is 2. The minimum Gasteiger partial charge on any atom is -0.352 e. The number of carbonyl (C=O) groups excluding carboxylic acids is 1. The molecule has 0 unspecified atom stereocenters. The summed E-state index contributed by atoms with van der Waals surface area (Å²) in [6.07, 6.45) is 5.76. The van der Waals surface area contributed by atoms with Crippen LogP contribution in [0.25, 0.3) is 0 Å². The molecule has 5 heteroatoms. The van der Waals surface area contributed by atoms with Crippen molar-refractivity contribution in [2.24, 2.45) is 0 Å². The number of aromatic nitrogens is 3. The Morgan fingerprint density at radius 2 is 2.31 bits per heavy atom. The first-order valence-electron chi connectivity index (χ1n) is 4.78. The van der Waals surface area contributed by atoms with Crippen LogP contribution < -0.4 is 5.32 Å². The Balaban J connectivity index is 2.79. The van der Waals surface area contributed by atoms with Crippen molar-refractivity contribution in [3.8, 4) is 0 Å². The molecule has 2 N–H and O–H groups in total. The topological polar surface area (TPSA) is 70.7 Å². The molecule has 84 valence electrons. The quantitative estimate of drug-likeness (QED) is 0.724. The van der Waals surface area contributed by atoms with E-state index in [0.29, 0.717) is 12.2 Å². The Morgan fingerprint density at radius 3 is 2.88 bits per heavy atom. The second-order valence-electron chi connectivity index (χ2n) is 3.04. The zero-order chi connectivity index (χ0) is 12.0. The summed E-state index contributed by atoms with van der Waals surface area (Å²) < 4.78 is 0. The molecule has 0 aliphatic carbocycles. The molecule has 0 radical (unpaired) electrons. The van der Waals surface area contributed by atoms with Crippen molar-refractivity contribution in [1.82, 2.24) is 20.5 Å². The molecular weight excluding hydrogens is 204 g/mol. The van der Waals surface area contributed by atoms with Crippen molar-refractivity contribution in [2.45, 2.75) is 6.42 Å². The highest BCUT2D eigenvalue weighted by Crippen LogP contribution is 2.04. The first-order valence-corrected chi connectivity index (χ1v) is 4.78. The van der Waals surface area contributed by atoms with E-state index in [-0.39, 0.29) is 11.7 Å². The predicted octanol–water partition coefficient (Wildman–Crippen LogP) is 1.01. The highest BCUT2D eigenvalue weighted by molar-refractivity contribution is 5.89. The van der Waals surface area contributed by atoms with Gasteiger partial charge in [-0.05, 0) is 5.57 Å². The Bertz CT molecular complexity index is 431. The molecule has 1 aromatic rings. The van der Waals surface area contributed by atoms with E-state index in [1.165, 1.54) is 7.05 Å². The molecule has 1 aromatic heterocycles. The molecule has 1 heterocycles. The summed E-state index contributed by atoms with van der Waals surface area (Å²) in [4.78, 5) is 15.3. The maximum atomic E-state index is 11.2. The van der Waals surface area contributed by atoms with Crippen molar-refractivity contribution < 1.29 is 4.79 Å². The van der Waals surface area contributed by atoms with Crippen molar-refractivity contribution >= 4 is 5.91 Å². The van der Waals surface area contributed by atoms with E-state index < -0.39 is 0 Å². The fourth-order valence-corrected chi connectivity index (χ4v) is 1.13. The molecule has 0 aromatic carbocycles. The Hall–Kier alpha value is -2.17. The molecule has 0 aliphatic rings. The van der Waals surface area contributed by atoms with Gasteiger partial charge in [-0.2, -0.15) is 0 Å². The van der Waals surface area contributed by atoms with Gasteiger partial charge in [0.1, 0.15) is 5.82 Å². The summed E-state index contributed by atoms with van der Waals surface area (Å²) in [6, 6.07) is 0. The highest BCUT2D eigenvalue weighted by Gasteiger charge is 2.10.